The molecule has 1 fully saturated rings. The fourth-order valence-corrected chi connectivity index (χ4v) is 3.10. The number of hydrogen-bond acceptors (Lipinski definition) is 4. The highest BCUT2D eigenvalue weighted by Crippen LogP contribution is 2.15. The summed E-state index contributed by atoms with van der Waals surface area (Å²) in [6.45, 7) is 2.59. The van der Waals surface area contributed by atoms with Gasteiger partial charge in [0.15, 0.2) is 0 Å². The summed E-state index contributed by atoms with van der Waals surface area (Å²) in [5.41, 5.74) is 0. The predicted octanol–water partition coefficient (Wildman–Crippen LogP) is 1.35. The average Bonchev–Trinajstić information content (AvgIpc) is 2.45. The van der Waals surface area contributed by atoms with Gasteiger partial charge in [0.1, 0.15) is 0 Å². The Hall–Kier alpha value is -1.04. The van der Waals surface area contributed by atoms with Crippen LogP contribution in [-0.4, -0.2) is 53.9 Å². The number of aliphatic hydroxyl groups excluding tert-OH is 1. The number of thioether (sulfide) groups is 1. The normalized spacial score (nSPS) is 19.8. The zero-order valence-corrected chi connectivity index (χ0v) is 12.4. The molecular weight excluding hydrogens is 272 g/mol. The molecule has 1 aromatic rings. The first-order chi connectivity index (χ1) is 9.74. The van der Waals surface area contributed by atoms with E-state index in [1.807, 2.05) is 23.1 Å². The van der Waals surface area contributed by atoms with Crippen LogP contribution in [0, 0.1) is 0 Å². The molecule has 1 saturated heterocycles. The number of carbonyl (C=O) groups excluding carboxylic acids is 1. The molecule has 1 atom stereocenters. The first kappa shape index (κ1) is 15.4. The number of likely N-dealkylation sites (tertiary alicyclic amines) is 1. The molecule has 0 spiro atoms. The molecule has 0 saturated carbocycles. The third-order valence-electron chi connectivity index (χ3n) is 3.28. The zero-order chi connectivity index (χ0) is 14.2. The van der Waals surface area contributed by atoms with Gasteiger partial charge in [-0.25, -0.2) is 0 Å². The van der Waals surface area contributed by atoms with E-state index in [1.54, 1.807) is 11.8 Å². The van der Waals surface area contributed by atoms with Gasteiger partial charge >= 0.3 is 0 Å². The quantitative estimate of drug-likeness (QED) is 0.614. The van der Waals surface area contributed by atoms with E-state index in [1.165, 1.54) is 4.90 Å². The number of nitrogens with zero attached hydrogens (tertiary/aromatic N) is 1. The number of β-amino-alcohol motifs (C(OH)–C–C–N with tert-alkyl or cyclic N) is 1. The number of piperidine rings is 1. The van der Waals surface area contributed by atoms with Crippen molar-refractivity contribution in [1.82, 2.24) is 10.2 Å². The Balaban J connectivity index is 1.58. The molecule has 1 amide bonds. The van der Waals surface area contributed by atoms with Gasteiger partial charge in [-0.15, -0.1) is 11.8 Å². The third-order valence-corrected chi connectivity index (χ3v) is 4.30. The Morgan fingerprint density at radius 2 is 2.20 bits per heavy atom. The van der Waals surface area contributed by atoms with E-state index in [4.69, 9.17) is 0 Å². The van der Waals surface area contributed by atoms with E-state index in [0.29, 0.717) is 19.6 Å². The van der Waals surface area contributed by atoms with Gasteiger partial charge in [-0.3, -0.25) is 9.69 Å². The highest BCUT2D eigenvalue weighted by Gasteiger charge is 2.19. The van der Waals surface area contributed by atoms with Gasteiger partial charge < -0.3 is 10.4 Å². The molecule has 2 rings (SSSR count). The van der Waals surface area contributed by atoms with E-state index >= 15 is 0 Å². The van der Waals surface area contributed by atoms with Crippen molar-refractivity contribution in [3.05, 3.63) is 30.3 Å². The Morgan fingerprint density at radius 1 is 1.40 bits per heavy atom. The largest absolute Gasteiger partial charge is 0.392 e. The first-order valence-corrected chi connectivity index (χ1v) is 8.07. The van der Waals surface area contributed by atoms with Crippen LogP contribution in [0.3, 0.4) is 0 Å². The fraction of sp³-hybridized carbons (Fsp3) is 0.533. The van der Waals surface area contributed by atoms with Crippen LogP contribution in [0.15, 0.2) is 35.2 Å². The van der Waals surface area contributed by atoms with Gasteiger partial charge in [0.05, 0.1) is 12.6 Å². The van der Waals surface area contributed by atoms with Gasteiger partial charge in [-0.2, -0.15) is 0 Å². The minimum Gasteiger partial charge on any atom is -0.392 e. The summed E-state index contributed by atoms with van der Waals surface area (Å²) in [4.78, 5) is 15.0. The summed E-state index contributed by atoms with van der Waals surface area (Å²) in [7, 11) is 0. The smallest absolute Gasteiger partial charge is 0.234 e. The highest BCUT2D eigenvalue weighted by molar-refractivity contribution is 7.99. The highest BCUT2D eigenvalue weighted by atomic mass is 32.2. The number of nitrogens with one attached hydrogen (secondary N) is 1. The van der Waals surface area contributed by atoms with Crippen LogP contribution in [0.25, 0.3) is 0 Å². The van der Waals surface area contributed by atoms with Crippen LogP contribution in [-0.2, 0) is 4.79 Å². The van der Waals surface area contributed by atoms with Gasteiger partial charge in [0.2, 0.25) is 5.91 Å². The summed E-state index contributed by atoms with van der Waals surface area (Å²) >= 11 is 1.74. The Bertz CT molecular complexity index is 414. The maximum absolute atomic E-state index is 11.8. The van der Waals surface area contributed by atoms with Crippen molar-refractivity contribution in [2.75, 3.05) is 31.9 Å². The Kier molecular flexibility index (Phi) is 6.36. The van der Waals surface area contributed by atoms with Gasteiger partial charge in [0, 0.05) is 23.7 Å². The molecule has 1 heterocycles. The van der Waals surface area contributed by atoms with Crippen LogP contribution < -0.4 is 5.32 Å². The Morgan fingerprint density at radius 3 is 2.95 bits per heavy atom. The SMILES string of the molecule is O=C(CN1CCCC(O)C1)NCCSc1ccccc1. The Labute approximate surface area is 124 Å². The van der Waals surface area contributed by atoms with E-state index in [0.717, 1.165) is 25.1 Å². The molecular formula is C15H22N2O2S. The van der Waals surface area contributed by atoms with Crippen LogP contribution in [0.2, 0.25) is 0 Å². The molecule has 0 aliphatic carbocycles. The lowest BCUT2D eigenvalue weighted by atomic mass is 10.1. The molecule has 4 nitrogen and oxygen atoms in total. The summed E-state index contributed by atoms with van der Waals surface area (Å²) in [5.74, 6) is 0.922. The van der Waals surface area contributed by atoms with Gasteiger partial charge in [0.25, 0.3) is 0 Å². The second-order valence-corrected chi connectivity index (χ2v) is 6.21. The van der Waals surface area contributed by atoms with Crippen molar-refractivity contribution < 1.29 is 9.90 Å². The minimum atomic E-state index is -0.273. The lowest BCUT2D eigenvalue weighted by Crippen LogP contribution is -2.44. The number of benzene rings is 1. The summed E-state index contributed by atoms with van der Waals surface area (Å²) in [6, 6.07) is 10.2. The molecule has 20 heavy (non-hydrogen) atoms. The van der Waals surface area contributed by atoms with Crippen LogP contribution in [0.1, 0.15) is 12.8 Å². The average molecular weight is 294 g/mol. The van der Waals surface area contributed by atoms with E-state index < -0.39 is 0 Å². The monoisotopic (exact) mass is 294 g/mol. The maximum atomic E-state index is 11.8. The van der Waals surface area contributed by atoms with Crippen LogP contribution in [0.4, 0.5) is 0 Å². The third kappa shape index (κ3) is 5.53. The van der Waals surface area contributed by atoms with Gasteiger partial charge in [-0.05, 0) is 31.5 Å². The molecule has 5 heteroatoms. The van der Waals surface area contributed by atoms with E-state index in [-0.39, 0.29) is 12.0 Å². The lowest BCUT2D eigenvalue weighted by molar-refractivity contribution is -0.122. The molecule has 0 bridgehead atoms. The van der Waals surface area contributed by atoms with Crippen LogP contribution in [0.5, 0.6) is 0 Å². The zero-order valence-electron chi connectivity index (χ0n) is 11.6. The molecule has 0 aromatic heterocycles. The predicted molar refractivity (Wildman–Crippen MR) is 81.9 cm³/mol. The van der Waals surface area contributed by atoms with Crippen molar-refractivity contribution in [2.24, 2.45) is 0 Å². The van der Waals surface area contributed by atoms with Crippen molar-refractivity contribution in [1.29, 1.82) is 0 Å². The van der Waals surface area contributed by atoms with E-state index in [2.05, 4.69) is 17.4 Å². The second kappa shape index (κ2) is 8.29. The number of carbonyl (C=O) groups is 1. The number of amides is 1. The minimum absolute atomic E-state index is 0.0489. The summed E-state index contributed by atoms with van der Waals surface area (Å²) in [5, 5.41) is 12.5. The van der Waals surface area contributed by atoms with Crippen molar-refractivity contribution in [2.45, 2.75) is 23.8 Å². The molecule has 2 N–H and O–H groups in total. The molecule has 1 unspecified atom stereocenters. The number of hydrogen-bond donors (Lipinski definition) is 2. The number of rotatable bonds is 6. The van der Waals surface area contributed by atoms with Crippen LogP contribution >= 0.6 is 11.8 Å². The fourth-order valence-electron chi connectivity index (χ4n) is 2.31. The number of aliphatic hydroxyl groups is 1. The molecule has 1 aromatic carbocycles. The molecule has 1 aliphatic rings. The standard InChI is InChI=1S/C15H22N2O2S/c18-13-5-4-9-17(11-13)12-15(19)16-8-10-20-14-6-2-1-3-7-14/h1-3,6-7,13,18H,4-5,8-12H2,(H,16,19). The lowest BCUT2D eigenvalue weighted by Gasteiger charge is -2.29. The molecule has 110 valence electrons. The topological polar surface area (TPSA) is 52.6 Å². The first-order valence-electron chi connectivity index (χ1n) is 7.09. The second-order valence-electron chi connectivity index (χ2n) is 5.04. The molecule has 1 aliphatic heterocycles. The van der Waals surface area contributed by atoms with Crippen molar-refractivity contribution in [3.63, 3.8) is 0 Å². The van der Waals surface area contributed by atoms with Crippen molar-refractivity contribution >= 4 is 17.7 Å². The molecule has 0 radical (unpaired) electrons. The van der Waals surface area contributed by atoms with Gasteiger partial charge in [-0.1, -0.05) is 18.2 Å². The maximum Gasteiger partial charge on any atom is 0.234 e. The van der Waals surface area contributed by atoms with E-state index in [9.17, 15) is 9.90 Å². The summed E-state index contributed by atoms with van der Waals surface area (Å²) < 4.78 is 0. The summed E-state index contributed by atoms with van der Waals surface area (Å²) in [6.07, 6.45) is 1.55. The van der Waals surface area contributed by atoms with Crippen molar-refractivity contribution in [3.8, 4) is 0 Å².